The highest BCUT2D eigenvalue weighted by atomic mass is 16.5. The van der Waals surface area contributed by atoms with Crippen molar-refractivity contribution in [2.75, 3.05) is 57.5 Å². The normalized spacial score (nSPS) is 24.9. The molecule has 1 aromatic heterocycles. The van der Waals surface area contributed by atoms with Crippen LogP contribution in [-0.4, -0.2) is 68.4 Å². The number of nitrogens with zero attached hydrogens (tertiary/aromatic N) is 3. The molecule has 2 aliphatic rings. The predicted molar refractivity (Wildman–Crippen MR) is 87.4 cm³/mol. The zero-order chi connectivity index (χ0) is 16.1. The lowest BCUT2D eigenvalue weighted by atomic mass is 9.87. The van der Waals surface area contributed by atoms with Crippen LogP contribution in [-0.2, 0) is 14.3 Å². The summed E-state index contributed by atoms with van der Waals surface area (Å²) in [5.74, 6) is 1.06. The standard InChI is InChI=1S/C17H25N3O3/c1-2-22-11-16(21)20-9-10-23-14-17(13-20)6-8-19(12-17)15-5-3-4-7-18-15/h3-5,7H,2,6,8-14H2,1H3/t17-/m0/s1. The molecule has 1 spiro atoms. The largest absolute Gasteiger partial charge is 0.379 e. The highest BCUT2D eigenvalue weighted by Gasteiger charge is 2.42. The van der Waals surface area contributed by atoms with E-state index in [4.69, 9.17) is 9.47 Å². The van der Waals surface area contributed by atoms with Crippen LogP contribution >= 0.6 is 0 Å². The van der Waals surface area contributed by atoms with E-state index in [-0.39, 0.29) is 17.9 Å². The summed E-state index contributed by atoms with van der Waals surface area (Å²) in [5, 5.41) is 0. The number of ether oxygens (including phenoxy) is 2. The summed E-state index contributed by atoms with van der Waals surface area (Å²) in [4.78, 5) is 21.0. The molecule has 0 unspecified atom stereocenters. The third-order valence-electron chi connectivity index (χ3n) is 4.63. The van der Waals surface area contributed by atoms with Gasteiger partial charge in [0.15, 0.2) is 0 Å². The molecule has 2 fully saturated rings. The molecular weight excluding hydrogens is 294 g/mol. The molecule has 2 aliphatic heterocycles. The minimum Gasteiger partial charge on any atom is -0.379 e. The molecule has 6 nitrogen and oxygen atoms in total. The second-order valence-electron chi connectivity index (χ2n) is 6.36. The minimum atomic E-state index is -0.00407. The van der Waals surface area contributed by atoms with Crippen molar-refractivity contribution >= 4 is 11.7 Å². The number of anilines is 1. The molecule has 3 heterocycles. The number of amides is 1. The van der Waals surface area contributed by atoms with Crippen molar-refractivity contribution in [3.63, 3.8) is 0 Å². The van der Waals surface area contributed by atoms with E-state index in [1.807, 2.05) is 36.2 Å². The van der Waals surface area contributed by atoms with E-state index >= 15 is 0 Å². The summed E-state index contributed by atoms with van der Waals surface area (Å²) >= 11 is 0. The van der Waals surface area contributed by atoms with Crippen LogP contribution in [0.2, 0.25) is 0 Å². The van der Waals surface area contributed by atoms with Gasteiger partial charge >= 0.3 is 0 Å². The fourth-order valence-electron chi connectivity index (χ4n) is 3.40. The molecule has 0 N–H and O–H groups in total. The second kappa shape index (κ2) is 7.27. The first kappa shape index (κ1) is 16.2. The van der Waals surface area contributed by atoms with E-state index in [2.05, 4.69) is 9.88 Å². The quantitative estimate of drug-likeness (QED) is 0.834. The van der Waals surface area contributed by atoms with Gasteiger partial charge in [-0.1, -0.05) is 6.07 Å². The molecule has 1 aromatic rings. The Hall–Kier alpha value is -1.66. The summed E-state index contributed by atoms with van der Waals surface area (Å²) in [5.41, 5.74) is -0.00407. The zero-order valence-electron chi connectivity index (χ0n) is 13.7. The molecule has 1 amide bonds. The molecule has 0 bridgehead atoms. The van der Waals surface area contributed by atoms with Crippen LogP contribution in [0.25, 0.3) is 0 Å². The monoisotopic (exact) mass is 319 g/mol. The molecule has 0 aromatic carbocycles. The first-order valence-corrected chi connectivity index (χ1v) is 8.32. The molecular formula is C17H25N3O3. The predicted octanol–water partition coefficient (Wildman–Crippen LogP) is 1.17. The van der Waals surface area contributed by atoms with Gasteiger partial charge in [0, 0.05) is 44.4 Å². The summed E-state index contributed by atoms with van der Waals surface area (Å²) in [7, 11) is 0. The van der Waals surface area contributed by atoms with Crippen LogP contribution in [0.5, 0.6) is 0 Å². The van der Waals surface area contributed by atoms with E-state index in [1.165, 1.54) is 0 Å². The number of aromatic nitrogens is 1. The molecule has 0 saturated carbocycles. The van der Waals surface area contributed by atoms with Gasteiger partial charge in [-0.2, -0.15) is 0 Å². The Labute approximate surface area is 137 Å². The number of pyridine rings is 1. The Balaban J connectivity index is 1.67. The van der Waals surface area contributed by atoms with Crippen molar-refractivity contribution < 1.29 is 14.3 Å². The molecule has 2 saturated heterocycles. The molecule has 1 atom stereocenters. The summed E-state index contributed by atoms with van der Waals surface area (Å²) in [6.07, 6.45) is 2.84. The summed E-state index contributed by atoms with van der Waals surface area (Å²) in [6.45, 7) is 7.15. The third kappa shape index (κ3) is 3.82. The van der Waals surface area contributed by atoms with Crippen molar-refractivity contribution in [2.45, 2.75) is 13.3 Å². The van der Waals surface area contributed by atoms with Crippen LogP contribution < -0.4 is 4.90 Å². The van der Waals surface area contributed by atoms with E-state index in [0.29, 0.717) is 26.4 Å². The lowest BCUT2D eigenvalue weighted by Crippen LogP contribution is -2.44. The summed E-state index contributed by atoms with van der Waals surface area (Å²) in [6, 6.07) is 5.97. The van der Waals surface area contributed by atoms with E-state index in [0.717, 1.165) is 31.9 Å². The number of hydrogen-bond donors (Lipinski definition) is 0. The van der Waals surface area contributed by atoms with Gasteiger partial charge < -0.3 is 19.3 Å². The minimum absolute atomic E-state index is 0.00407. The van der Waals surface area contributed by atoms with Gasteiger partial charge in [-0.15, -0.1) is 0 Å². The Morgan fingerprint density at radius 1 is 1.39 bits per heavy atom. The molecule has 3 rings (SSSR count). The number of carbonyl (C=O) groups is 1. The van der Waals surface area contributed by atoms with Crippen molar-refractivity contribution in [3.8, 4) is 0 Å². The third-order valence-corrected chi connectivity index (χ3v) is 4.63. The highest BCUT2D eigenvalue weighted by molar-refractivity contribution is 5.77. The molecule has 126 valence electrons. The Morgan fingerprint density at radius 3 is 3.09 bits per heavy atom. The second-order valence-corrected chi connectivity index (χ2v) is 6.36. The van der Waals surface area contributed by atoms with Crippen LogP contribution in [0.15, 0.2) is 24.4 Å². The number of carbonyl (C=O) groups excluding carboxylic acids is 1. The van der Waals surface area contributed by atoms with Crippen molar-refractivity contribution in [2.24, 2.45) is 5.41 Å². The Bertz CT molecular complexity index is 525. The smallest absolute Gasteiger partial charge is 0.248 e. The fraction of sp³-hybridized carbons (Fsp3) is 0.647. The van der Waals surface area contributed by atoms with Gasteiger partial charge in [0.05, 0.1) is 13.2 Å². The topological polar surface area (TPSA) is 54.9 Å². The van der Waals surface area contributed by atoms with Crippen molar-refractivity contribution in [1.82, 2.24) is 9.88 Å². The van der Waals surface area contributed by atoms with Crippen LogP contribution in [0, 0.1) is 5.41 Å². The fourth-order valence-corrected chi connectivity index (χ4v) is 3.40. The van der Waals surface area contributed by atoms with Gasteiger partial charge in [0.25, 0.3) is 0 Å². The van der Waals surface area contributed by atoms with Gasteiger partial charge in [-0.3, -0.25) is 4.79 Å². The Morgan fingerprint density at radius 2 is 2.30 bits per heavy atom. The first-order valence-electron chi connectivity index (χ1n) is 8.32. The molecule has 0 radical (unpaired) electrons. The SMILES string of the molecule is CCOCC(=O)N1CCOC[C@]2(CCN(c3ccccn3)C2)C1. The lowest BCUT2D eigenvalue weighted by molar-refractivity contribution is -0.137. The van der Waals surface area contributed by atoms with Gasteiger partial charge in [0.2, 0.25) is 5.91 Å². The van der Waals surface area contributed by atoms with Crippen LogP contribution in [0.4, 0.5) is 5.82 Å². The van der Waals surface area contributed by atoms with E-state index in [1.54, 1.807) is 0 Å². The van der Waals surface area contributed by atoms with Crippen LogP contribution in [0.1, 0.15) is 13.3 Å². The summed E-state index contributed by atoms with van der Waals surface area (Å²) < 4.78 is 11.1. The molecule has 23 heavy (non-hydrogen) atoms. The Kier molecular flexibility index (Phi) is 5.13. The van der Waals surface area contributed by atoms with E-state index in [9.17, 15) is 4.79 Å². The maximum Gasteiger partial charge on any atom is 0.248 e. The average Bonchev–Trinajstić information content (AvgIpc) is 2.88. The van der Waals surface area contributed by atoms with Crippen molar-refractivity contribution in [3.05, 3.63) is 24.4 Å². The van der Waals surface area contributed by atoms with Crippen LogP contribution in [0.3, 0.4) is 0 Å². The number of rotatable bonds is 4. The van der Waals surface area contributed by atoms with Gasteiger partial charge in [0.1, 0.15) is 12.4 Å². The van der Waals surface area contributed by atoms with E-state index < -0.39 is 0 Å². The highest BCUT2D eigenvalue weighted by Crippen LogP contribution is 2.35. The molecule has 0 aliphatic carbocycles. The lowest BCUT2D eigenvalue weighted by Gasteiger charge is -2.32. The van der Waals surface area contributed by atoms with Gasteiger partial charge in [-0.25, -0.2) is 4.98 Å². The average molecular weight is 319 g/mol. The number of hydrogen-bond acceptors (Lipinski definition) is 5. The van der Waals surface area contributed by atoms with Gasteiger partial charge in [-0.05, 0) is 25.5 Å². The maximum absolute atomic E-state index is 12.3. The first-order chi connectivity index (χ1) is 11.2. The molecule has 6 heteroatoms. The maximum atomic E-state index is 12.3. The van der Waals surface area contributed by atoms with Crippen molar-refractivity contribution in [1.29, 1.82) is 0 Å². The zero-order valence-corrected chi connectivity index (χ0v) is 13.7.